The zero-order valence-electron chi connectivity index (χ0n) is 14.4. The van der Waals surface area contributed by atoms with E-state index in [-0.39, 0.29) is 11.5 Å². The van der Waals surface area contributed by atoms with Crippen LogP contribution in [0.15, 0.2) is 66.4 Å². The number of hydrogen-bond acceptors (Lipinski definition) is 5. The van der Waals surface area contributed by atoms with E-state index in [4.69, 9.17) is 4.74 Å². The van der Waals surface area contributed by atoms with E-state index < -0.39 is 10.5 Å². The van der Waals surface area contributed by atoms with E-state index >= 15 is 0 Å². The molecular weight excluding hydrogens is 320 g/mol. The predicted molar refractivity (Wildman–Crippen MR) is 96.7 cm³/mol. The van der Waals surface area contributed by atoms with E-state index in [1.807, 2.05) is 44.2 Å². The lowest BCUT2D eigenvalue weighted by molar-refractivity contribution is -0.384. The van der Waals surface area contributed by atoms with Crippen molar-refractivity contribution in [1.29, 1.82) is 0 Å². The number of nitro groups is 1. The summed E-state index contributed by atoms with van der Waals surface area (Å²) in [5, 5.41) is 13.9. The number of hydrogen-bond donors (Lipinski definition) is 1. The summed E-state index contributed by atoms with van der Waals surface area (Å²) in [5.41, 5.74) is 1.01. The quantitative estimate of drug-likeness (QED) is 0.353. The Labute approximate surface area is 146 Å². The van der Waals surface area contributed by atoms with Crippen molar-refractivity contribution in [1.82, 2.24) is 0 Å². The van der Waals surface area contributed by atoms with Gasteiger partial charge in [-0.05, 0) is 38.1 Å². The number of carbonyl (C=O) groups excluding carboxylic acids is 1. The monoisotopic (exact) mass is 340 g/mol. The normalized spacial score (nSPS) is 11.9. The van der Waals surface area contributed by atoms with Gasteiger partial charge in [0, 0.05) is 36.6 Å². The van der Waals surface area contributed by atoms with Crippen molar-refractivity contribution in [2.24, 2.45) is 0 Å². The molecule has 0 aliphatic carbocycles. The number of ketones is 1. The average molecular weight is 340 g/mol. The molecule has 0 heterocycles. The van der Waals surface area contributed by atoms with Crippen molar-refractivity contribution in [3.63, 3.8) is 0 Å². The molecular formula is C19H20N2O4. The number of para-hydroxylation sites is 1. The first-order valence-electron chi connectivity index (χ1n) is 7.71. The smallest absolute Gasteiger partial charge is 0.269 e. The van der Waals surface area contributed by atoms with Gasteiger partial charge in [0.1, 0.15) is 5.60 Å². The van der Waals surface area contributed by atoms with Gasteiger partial charge in [-0.25, -0.2) is 0 Å². The molecule has 0 spiro atoms. The van der Waals surface area contributed by atoms with Gasteiger partial charge in [0.05, 0.1) is 10.6 Å². The fraction of sp³-hybridized carbons (Fsp3) is 0.211. The van der Waals surface area contributed by atoms with Gasteiger partial charge in [-0.3, -0.25) is 14.9 Å². The molecule has 0 atom stereocenters. The minimum Gasteiger partial charge on any atom is -0.373 e. The molecule has 2 aromatic rings. The van der Waals surface area contributed by atoms with Crippen molar-refractivity contribution in [3.05, 3.63) is 82.0 Å². The Kier molecular flexibility index (Phi) is 5.67. The molecule has 6 heteroatoms. The summed E-state index contributed by atoms with van der Waals surface area (Å²) in [5.74, 6) is -0.265. The average Bonchev–Trinajstić information content (AvgIpc) is 2.62. The number of anilines is 1. The van der Waals surface area contributed by atoms with Gasteiger partial charge in [-0.2, -0.15) is 0 Å². The molecule has 2 aromatic carbocycles. The van der Waals surface area contributed by atoms with E-state index in [1.165, 1.54) is 30.3 Å². The molecule has 0 saturated carbocycles. The SMILES string of the molecule is COC(C)(C)C(=CC(=O)c1ccc([N+](=O)[O-])cc1)Nc1ccccc1. The first-order chi connectivity index (χ1) is 11.8. The first-order valence-corrected chi connectivity index (χ1v) is 7.71. The van der Waals surface area contributed by atoms with Crippen LogP contribution < -0.4 is 5.32 Å². The van der Waals surface area contributed by atoms with Gasteiger partial charge in [0.2, 0.25) is 0 Å². The molecule has 0 aliphatic heterocycles. The summed E-state index contributed by atoms with van der Waals surface area (Å²) >= 11 is 0. The molecule has 6 nitrogen and oxygen atoms in total. The summed E-state index contributed by atoms with van der Waals surface area (Å²) in [6.45, 7) is 3.69. The van der Waals surface area contributed by atoms with Crippen LogP contribution in [0.5, 0.6) is 0 Å². The van der Waals surface area contributed by atoms with Crippen LogP contribution in [0.2, 0.25) is 0 Å². The number of benzene rings is 2. The van der Waals surface area contributed by atoms with Crippen molar-refractivity contribution >= 4 is 17.2 Å². The highest BCUT2D eigenvalue weighted by Gasteiger charge is 2.24. The van der Waals surface area contributed by atoms with Crippen molar-refractivity contribution in [3.8, 4) is 0 Å². The van der Waals surface area contributed by atoms with Crippen molar-refractivity contribution < 1.29 is 14.5 Å². The lowest BCUT2D eigenvalue weighted by Crippen LogP contribution is -2.30. The maximum atomic E-state index is 12.5. The molecule has 0 bridgehead atoms. The second kappa shape index (κ2) is 7.72. The fourth-order valence-corrected chi connectivity index (χ4v) is 2.11. The molecule has 0 amide bonds. The third-order valence-electron chi connectivity index (χ3n) is 3.85. The molecule has 0 saturated heterocycles. The van der Waals surface area contributed by atoms with E-state index in [0.717, 1.165) is 5.69 Å². The van der Waals surface area contributed by atoms with E-state index in [1.54, 1.807) is 7.11 Å². The van der Waals surface area contributed by atoms with Crippen LogP contribution in [0.4, 0.5) is 11.4 Å². The topological polar surface area (TPSA) is 81.5 Å². The number of methoxy groups -OCH3 is 1. The third-order valence-corrected chi connectivity index (χ3v) is 3.85. The lowest BCUT2D eigenvalue weighted by atomic mass is 10.0. The number of nitrogens with zero attached hydrogens (tertiary/aromatic N) is 1. The highest BCUT2D eigenvalue weighted by Crippen LogP contribution is 2.23. The summed E-state index contributed by atoms with van der Waals surface area (Å²) in [4.78, 5) is 22.8. The molecule has 1 N–H and O–H groups in total. The van der Waals surface area contributed by atoms with Gasteiger partial charge in [-0.15, -0.1) is 0 Å². The van der Waals surface area contributed by atoms with E-state index in [0.29, 0.717) is 11.3 Å². The van der Waals surface area contributed by atoms with Crippen LogP contribution >= 0.6 is 0 Å². The van der Waals surface area contributed by atoms with Crippen LogP contribution in [0.25, 0.3) is 0 Å². The van der Waals surface area contributed by atoms with Crippen LogP contribution in [0.1, 0.15) is 24.2 Å². The van der Waals surface area contributed by atoms with Crippen molar-refractivity contribution in [2.75, 3.05) is 12.4 Å². The molecule has 0 unspecified atom stereocenters. The van der Waals surface area contributed by atoms with Gasteiger partial charge >= 0.3 is 0 Å². The Morgan fingerprint density at radius 1 is 1.12 bits per heavy atom. The van der Waals surface area contributed by atoms with Crippen molar-refractivity contribution in [2.45, 2.75) is 19.4 Å². The number of nitro benzene ring substituents is 1. The minimum absolute atomic E-state index is 0.0552. The maximum Gasteiger partial charge on any atom is 0.269 e. The number of rotatable bonds is 7. The Morgan fingerprint density at radius 2 is 1.72 bits per heavy atom. The Balaban J connectivity index is 2.32. The minimum atomic E-state index is -0.716. The lowest BCUT2D eigenvalue weighted by Gasteiger charge is -2.27. The van der Waals surface area contributed by atoms with Crippen LogP contribution in [0, 0.1) is 10.1 Å². The standard InChI is InChI=1S/C19H20N2O4/c1-19(2,25-3)18(20-15-7-5-4-6-8-15)13-17(22)14-9-11-16(12-10-14)21(23)24/h4-13,20H,1-3H3. The Bertz CT molecular complexity index is 781. The van der Waals surface area contributed by atoms with Crippen LogP contribution in [-0.2, 0) is 4.74 Å². The van der Waals surface area contributed by atoms with E-state index in [9.17, 15) is 14.9 Å². The van der Waals surface area contributed by atoms with E-state index in [2.05, 4.69) is 5.32 Å². The number of non-ortho nitro benzene ring substituents is 1. The molecule has 0 aliphatic rings. The zero-order valence-corrected chi connectivity index (χ0v) is 14.4. The van der Waals surface area contributed by atoms with Crippen LogP contribution in [0.3, 0.4) is 0 Å². The number of allylic oxidation sites excluding steroid dienone is 1. The Hall–Kier alpha value is -2.99. The van der Waals surface area contributed by atoms with Gasteiger partial charge in [-0.1, -0.05) is 18.2 Å². The molecule has 2 rings (SSSR count). The predicted octanol–water partition coefficient (Wildman–Crippen LogP) is 4.20. The molecule has 25 heavy (non-hydrogen) atoms. The fourth-order valence-electron chi connectivity index (χ4n) is 2.11. The molecule has 130 valence electrons. The highest BCUT2D eigenvalue weighted by molar-refractivity contribution is 6.05. The highest BCUT2D eigenvalue weighted by atomic mass is 16.6. The number of ether oxygens (including phenoxy) is 1. The first kappa shape index (κ1) is 18.4. The second-order valence-corrected chi connectivity index (χ2v) is 5.93. The largest absolute Gasteiger partial charge is 0.373 e. The molecule has 0 fully saturated rings. The Morgan fingerprint density at radius 3 is 2.24 bits per heavy atom. The van der Waals surface area contributed by atoms with Gasteiger partial charge < -0.3 is 10.1 Å². The third kappa shape index (κ3) is 4.74. The number of carbonyl (C=O) groups is 1. The summed E-state index contributed by atoms with van der Waals surface area (Å²) in [6.07, 6.45) is 1.46. The summed E-state index contributed by atoms with van der Waals surface area (Å²) in [7, 11) is 1.57. The molecule has 0 radical (unpaired) electrons. The van der Waals surface area contributed by atoms with Gasteiger partial charge in [0.15, 0.2) is 5.78 Å². The second-order valence-electron chi connectivity index (χ2n) is 5.93. The summed E-state index contributed by atoms with van der Waals surface area (Å²) < 4.78 is 5.49. The van der Waals surface area contributed by atoms with Crippen LogP contribution in [-0.4, -0.2) is 23.4 Å². The van der Waals surface area contributed by atoms with Gasteiger partial charge in [0.25, 0.3) is 5.69 Å². The number of nitrogens with one attached hydrogen (secondary N) is 1. The molecule has 0 aromatic heterocycles. The summed E-state index contributed by atoms with van der Waals surface area (Å²) in [6, 6.07) is 15.0. The maximum absolute atomic E-state index is 12.5. The zero-order chi connectivity index (χ0) is 18.4.